The van der Waals surface area contributed by atoms with Crippen molar-refractivity contribution in [3.05, 3.63) is 23.8 Å². The first kappa shape index (κ1) is 12.4. The van der Waals surface area contributed by atoms with Gasteiger partial charge in [0.2, 0.25) is 5.91 Å². The number of primary amides is 1. The quantitative estimate of drug-likeness (QED) is 0.614. The Kier molecular flexibility index (Phi) is 3.23. The fourth-order valence-corrected chi connectivity index (χ4v) is 2.42. The number of ketones is 1. The van der Waals surface area contributed by atoms with Crippen LogP contribution in [0.5, 0.6) is 0 Å². The van der Waals surface area contributed by atoms with E-state index in [1.165, 1.54) is 6.92 Å². The minimum Gasteiger partial charge on any atom is -0.398 e. The Labute approximate surface area is 106 Å². The molecule has 1 aliphatic heterocycles. The summed E-state index contributed by atoms with van der Waals surface area (Å²) in [5, 5.41) is 0. The number of benzene rings is 1. The number of nitrogen functional groups attached to an aromatic ring is 1. The average Bonchev–Trinajstić information content (AvgIpc) is 2.77. The van der Waals surface area contributed by atoms with Crippen molar-refractivity contribution < 1.29 is 9.59 Å². The highest BCUT2D eigenvalue weighted by atomic mass is 16.1. The van der Waals surface area contributed by atoms with Crippen LogP contribution < -0.4 is 16.4 Å². The first-order valence-corrected chi connectivity index (χ1v) is 5.97. The summed E-state index contributed by atoms with van der Waals surface area (Å²) in [6.07, 6.45) is 1.70. The van der Waals surface area contributed by atoms with Gasteiger partial charge >= 0.3 is 0 Å². The Morgan fingerprint density at radius 2 is 2.11 bits per heavy atom. The van der Waals surface area contributed by atoms with Gasteiger partial charge in [0.1, 0.15) is 6.04 Å². The number of carbonyl (C=O) groups is 2. The lowest BCUT2D eigenvalue weighted by Gasteiger charge is -2.25. The zero-order valence-electron chi connectivity index (χ0n) is 10.3. The van der Waals surface area contributed by atoms with E-state index in [1.54, 1.807) is 12.1 Å². The van der Waals surface area contributed by atoms with Crippen LogP contribution in [0.1, 0.15) is 30.1 Å². The summed E-state index contributed by atoms with van der Waals surface area (Å²) in [5.74, 6) is -0.381. The first-order chi connectivity index (χ1) is 8.50. The van der Waals surface area contributed by atoms with Gasteiger partial charge in [0.25, 0.3) is 0 Å². The topological polar surface area (TPSA) is 89.4 Å². The Morgan fingerprint density at radius 1 is 1.39 bits per heavy atom. The molecule has 1 aromatic rings. The molecule has 1 atom stereocenters. The van der Waals surface area contributed by atoms with E-state index in [0.717, 1.165) is 25.1 Å². The van der Waals surface area contributed by atoms with E-state index in [4.69, 9.17) is 11.5 Å². The molecule has 0 bridgehead atoms. The number of anilines is 2. The van der Waals surface area contributed by atoms with Gasteiger partial charge in [-0.1, -0.05) is 0 Å². The number of hydrogen-bond acceptors (Lipinski definition) is 4. The molecule has 1 aromatic carbocycles. The van der Waals surface area contributed by atoms with E-state index in [2.05, 4.69) is 0 Å². The molecule has 0 radical (unpaired) electrons. The van der Waals surface area contributed by atoms with Crippen molar-refractivity contribution in [2.24, 2.45) is 5.73 Å². The zero-order valence-corrected chi connectivity index (χ0v) is 10.3. The van der Waals surface area contributed by atoms with Crippen LogP contribution in [0.15, 0.2) is 18.2 Å². The molecule has 5 nitrogen and oxygen atoms in total. The minimum atomic E-state index is -0.318. The molecule has 1 unspecified atom stereocenters. The van der Waals surface area contributed by atoms with E-state index in [0.29, 0.717) is 11.3 Å². The maximum atomic E-state index is 11.3. The van der Waals surface area contributed by atoms with Gasteiger partial charge in [-0.2, -0.15) is 0 Å². The van der Waals surface area contributed by atoms with Crippen LogP contribution in [-0.2, 0) is 4.79 Å². The van der Waals surface area contributed by atoms with Crippen molar-refractivity contribution in [3.63, 3.8) is 0 Å². The third-order valence-electron chi connectivity index (χ3n) is 3.33. The van der Waals surface area contributed by atoms with Gasteiger partial charge in [-0.15, -0.1) is 0 Å². The molecule has 1 heterocycles. The normalized spacial score (nSPS) is 18.9. The number of nitrogens with two attached hydrogens (primary N) is 2. The van der Waals surface area contributed by atoms with Crippen LogP contribution in [0.2, 0.25) is 0 Å². The number of Topliss-reactive ketones (excluding diaryl/α,β-unsaturated/α-hetero) is 1. The maximum Gasteiger partial charge on any atom is 0.240 e. The molecule has 0 saturated carbocycles. The maximum absolute atomic E-state index is 11.3. The lowest BCUT2D eigenvalue weighted by atomic mass is 10.1. The van der Waals surface area contributed by atoms with E-state index in [9.17, 15) is 9.59 Å². The van der Waals surface area contributed by atoms with E-state index < -0.39 is 0 Å². The summed E-state index contributed by atoms with van der Waals surface area (Å²) >= 11 is 0. The molecule has 1 fully saturated rings. The van der Waals surface area contributed by atoms with Crippen molar-refractivity contribution in [2.75, 3.05) is 17.2 Å². The van der Waals surface area contributed by atoms with Crippen LogP contribution in [0.25, 0.3) is 0 Å². The summed E-state index contributed by atoms with van der Waals surface area (Å²) in [4.78, 5) is 24.6. The minimum absolute atomic E-state index is 0.0630. The lowest BCUT2D eigenvalue weighted by Crippen LogP contribution is -2.40. The monoisotopic (exact) mass is 247 g/mol. The predicted molar refractivity (Wildman–Crippen MR) is 70.4 cm³/mol. The number of hydrogen-bond donors (Lipinski definition) is 2. The molecule has 4 N–H and O–H groups in total. The molecule has 0 aromatic heterocycles. The molecule has 1 aliphatic rings. The lowest BCUT2D eigenvalue weighted by molar-refractivity contribution is -0.119. The third kappa shape index (κ3) is 2.16. The Morgan fingerprint density at radius 3 is 2.67 bits per heavy atom. The smallest absolute Gasteiger partial charge is 0.240 e. The number of rotatable bonds is 3. The van der Waals surface area contributed by atoms with Gasteiger partial charge in [0.15, 0.2) is 5.78 Å². The average molecular weight is 247 g/mol. The summed E-state index contributed by atoms with van der Waals surface area (Å²) in [5.41, 5.74) is 13.0. The highest BCUT2D eigenvalue weighted by Gasteiger charge is 2.29. The third-order valence-corrected chi connectivity index (χ3v) is 3.33. The van der Waals surface area contributed by atoms with Crippen LogP contribution in [-0.4, -0.2) is 24.3 Å². The molecule has 1 saturated heterocycles. The number of carbonyl (C=O) groups excluding carboxylic acids is 2. The largest absolute Gasteiger partial charge is 0.398 e. The summed E-state index contributed by atoms with van der Waals surface area (Å²) < 4.78 is 0. The molecule has 1 amide bonds. The molecule has 0 aliphatic carbocycles. The van der Waals surface area contributed by atoms with Crippen LogP contribution >= 0.6 is 0 Å². The summed E-state index contributed by atoms with van der Waals surface area (Å²) in [7, 11) is 0. The van der Waals surface area contributed by atoms with Gasteiger partial charge in [0, 0.05) is 23.5 Å². The molecule has 96 valence electrons. The highest BCUT2D eigenvalue weighted by Crippen LogP contribution is 2.28. The molecule has 0 spiro atoms. The number of amides is 1. The number of nitrogens with zero attached hydrogens (tertiary/aromatic N) is 1. The predicted octanol–water partition coefficient (Wildman–Crippen LogP) is 0.925. The van der Waals surface area contributed by atoms with Gasteiger partial charge in [-0.25, -0.2) is 0 Å². The van der Waals surface area contributed by atoms with Crippen LogP contribution in [0.3, 0.4) is 0 Å². The van der Waals surface area contributed by atoms with Gasteiger partial charge in [-0.3, -0.25) is 9.59 Å². The standard InChI is InChI=1S/C13H17N3O2/c1-8(17)10-5-4-9(7-11(10)14)16-6-2-3-12(16)13(15)18/h4-5,7,12H,2-3,6,14H2,1H3,(H2,15,18). The Balaban J connectivity index is 2.32. The molecule has 18 heavy (non-hydrogen) atoms. The van der Waals surface area contributed by atoms with Gasteiger partial charge in [-0.05, 0) is 38.0 Å². The highest BCUT2D eigenvalue weighted by molar-refractivity contribution is 5.99. The van der Waals surface area contributed by atoms with Crippen molar-refractivity contribution in [1.29, 1.82) is 0 Å². The van der Waals surface area contributed by atoms with Crippen molar-refractivity contribution in [2.45, 2.75) is 25.8 Å². The van der Waals surface area contributed by atoms with Crippen LogP contribution in [0, 0.1) is 0 Å². The first-order valence-electron chi connectivity index (χ1n) is 5.97. The SMILES string of the molecule is CC(=O)c1ccc(N2CCCC2C(N)=O)cc1N. The van der Waals surface area contributed by atoms with Crippen molar-refractivity contribution in [1.82, 2.24) is 0 Å². The second kappa shape index (κ2) is 4.68. The Bertz CT molecular complexity index is 499. The van der Waals surface area contributed by atoms with E-state index in [1.807, 2.05) is 11.0 Å². The molecular weight excluding hydrogens is 230 g/mol. The second-order valence-electron chi connectivity index (χ2n) is 4.58. The fourth-order valence-electron chi connectivity index (χ4n) is 2.42. The van der Waals surface area contributed by atoms with Crippen molar-refractivity contribution in [3.8, 4) is 0 Å². The fraction of sp³-hybridized carbons (Fsp3) is 0.385. The van der Waals surface area contributed by atoms with Crippen molar-refractivity contribution >= 4 is 23.1 Å². The molecule has 2 rings (SSSR count). The van der Waals surface area contributed by atoms with Gasteiger partial charge in [0.05, 0.1) is 0 Å². The Hall–Kier alpha value is -2.04. The summed E-state index contributed by atoms with van der Waals surface area (Å²) in [6.45, 7) is 2.26. The van der Waals surface area contributed by atoms with E-state index in [-0.39, 0.29) is 17.7 Å². The molecular formula is C13H17N3O2. The van der Waals surface area contributed by atoms with Gasteiger partial charge < -0.3 is 16.4 Å². The van der Waals surface area contributed by atoms with E-state index >= 15 is 0 Å². The second-order valence-corrected chi connectivity index (χ2v) is 4.58. The van der Waals surface area contributed by atoms with Crippen LogP contribution in [0.4, 0.5) is 11.4 Å². The molecule has 5 heteroatoms. The zero-order chi connectivity index (χ0) is 13.3. The summed E-state index contributed by atoms with van der Waals surface area (Å²) in [6, 6.07) is 4.97.